The van der Waals surface area contributed by atoms with E-state index in [4.69, 9.17) is 27.9 Å². The molecule has 1 fully saturated rings. The number of ether oxygens (including phenoxy) is 1. The molecule has 3 aromatic rings. The smallest absolute Gasteiger partial charge is 0.251 e. The molecular weight excluding hydrogens is 597 g/mol. The maximum Gasteiger partial charge on any atom is 0.251 e. The van der Waals surface area contributed by atoms with Gasteiger partial charge in [0.2, 0.25) is 0 Å². The zero-order valence-corrected chi connectivity index (χ0v) is 26.1. The van der Waals surface area contributed by atoms with Crippen molar-refractivity contribution in [2.24, 2.45) is 0 Å². The Balaban J connectivity index is 1.54. The van der Waals surface area contributed by atoms with Crippen LogP contribution in [0.15, 0.2) is 66.7 Å². The van der Waals surface area contributed by atoms with Crippen LogP contribution >= 0.6 is 34.0 Å². The van der Waals surface area contributed by atoms with E-state index in [1.165, 1.54) is 0 Å². The topological polar surface area (TPSA) is 114 Å². The van der Waals surface area contributed by atoms with E-state index < -0.39 is 28.8 Å². The summed E-state index contributed by atoms with van der Waals surface area (Å²) in [5.41, 5.74) is 2.65. The van der Waals surface area contributed by atoms with E-state index in [0.717, 1.165) is 24.0 Å². The van der Waals surface area contributed by atoms with Crippen molar-refractivity contribution in [1.82, 2.24) is 10.6 Å². The number of hydrogen-bond acceptors (Lipinski definition) is 7. The number of rotatable bonds is 12. The number of nitrogens with zero attached hydrogens (tertiary/aromatic N) is 1. The van der Waals surface area contributed by atoms with Crippen LogP contribution in [-0.2, 0) is 13.0 Å². The monoisotopic (exact) mass is 635 g/mol. The number of anilines is 1. The molecule has 0 aromatic heterocycles. The first-order chi connectivity index (χ1) is 20.0. The Bertz CT molecular complexity index is 1330. The largest absolute Gasteiger partial charge is 0.491 e. The van der Waals surface area contributed by atoms with E-state index in [0.29, 0.717) is 46.6 Å². The third-order valence-corrected chi connectivity index (χ3v) is 9.25. The summed E-state index contributed by atoms with van der Waals surface area (Å²) in [7, 11) is -3.00. The summed E-state index contributed by atoms with van der Waals surface area (Å²) in [6, 6.07) is 19.3. The average Bonchev–Trinajstić information content (AvgIpc) is 2.92. The molecule has 4 rings (SSSR count). The first kappa shape index (κ1) is 32.4. The molecule has 3 aromatic carbocycles. The number of carbonyl (C=O) groups is 1. The Labute approximate surface area is 259 Å². The molecule has 0 bridgehead atoms. The Hall–Kier alpha value is -2.50. The molecule has 0 unspecified atom stereocenters. The summed E-state index contributed by atoms with van der Waals surface area (Å²) in [5, 5.41) is 18.5. The van der Waals surface area contributed by atoms with Gasteiger partial charge in [-0.05, 0) is 74.6 Å². The lowest BCUT2D eigenvalue weighted by atomic mass is 10.00. The van der Waals surface area contributed by atoms with E-state index in [1.54, 1.807) is 40.7 Å². The second kappa shape index (κ2) is 14.8. The molecule has 8 nitrogen and oxygen atoms in total. The van der Waals surface area contributed by atoms with Crippen LogP contribution in [0.25, 0.3) is 0 Å². The number of halogens is 2. The van der Waals surface area contributed by atoms with Gasteiger partial charge in [0.25, 0.3) is 5.91 Å². The van der Waals surface area contributed by atoms with Crippen LogP contribution in [0, 0.1) is 0 Å². The molecule has 0 saturated carbocycles. The Kier molecular flexibility index (Phi) is 11.4. The van der Waals surface area contributed by atoms with Crippen molar-refractivity contribution < 1.29 is 23.7 Å². The van der Waals surface area contributed by atoms with E-state index in [2.05, 4.69) is 10.6 Å². The van der Waals surface area contributed by atoms with Crippen molar-refractivity contribution in [3.8, 4) is 5.75 Å². The minimum Gasteiger partial charge on any atom is -0.491 e. The number of aliphatic hydroxyl groups excluding tert-OH is 1. The predicted molar refractivity (Wildman–Crippen MR) is 172 cm³/mol. The molecule has 0 aliphatic carbocycles. The maximum atomic E-state index is 13.7. The number of hydrogen-bond donors (Lipinski definition) is 5. The van der Waals surface area contributed by atoms with Crippen molar-refractivity contribution in [2.45, 2.75) is 57.9 Å². The predicted octanol–water partition coefficient (Wildman–Crippen LogP) is 6.54. The van der Waals surface area contributed by atoms with Gasteiger partial charge < -0.3 is 20.5 Å². The minimum atomic E-state index is -3.00. The summed E-state index contributed by atoms with van der Waals surface area (Å²) in [6.07, 6.45) is 0.872. The highest BCUT2D eigenvalue weighted by molar-refractivity contribution is 8.25. The van der Waals surface area contributed by atoms with Crippen LogP contribution in [0.3, 0.4) is 0 Å². The Morgan fingerprint density at radius 3 is 2.38 bits per heavy atom. The second-order valence-electron chi connectivity index (χ2n) is 10.8. The molecule has 1 amide bonds. The van der Waals surface area contributed by atoms with Crippen LogP contribution in [0.2, 0.25) is 10.0 Å². The third-order valence-electron chi connectivity index (χ3n) is 6.88. The Morgan fingerprint density at radius 2 is 1.71 bits per heavy atom. The van der Waals surface area contributed by atoms with E-state index >= 15 is 0 Å². The summed E-state index contributed by atoms with van der Waals surface area (Å²) < 4.78 is 29.0. The summed E-state index contributed by atoms with van der Waals surface area (Å²) in [6.45, 7) is 4.88. The fourth-order valence-corrected chi connectivity index (χ4v) is 7.17. The first-order valence-corrected chi connectivity index (χ1v) is 16.5. The SMILES string of the molecule is CC(C)Oc1cc(C(=O)N[C@@H](Cc2ccccc2)[C@@H](O)CNCc2cc(Cl)cc(Cl)c2)cc(N2CCCCS2(O)O)c1. The van der Waals surface area contributed by atoms with Crippen LogP contribution in [0.1, 0.15) is 48.2 Å². The fraction of sp³-hybridized carbons (Fsp3) is 0.387. The molecule has 1 heterocycles. The molecule has 1 saturated heterocycles. The van der Waals surface area contributed by atoms with Gasteiger partial charge in [-0.15, -0.1) is 10.8 Å². The molecule has 1 aliphatic rings. The van der Waals surface area contributed by atoms with Gasteiger partial charge in [0.05, 0.1) is 29.7 Å². The molecule has 42 heavy (non-hydrogen) atoms. The molecule has 228 valence electrons. The summed E-state index contributed by atoms with van der Waals surface area (Å²) in [5.74, 6) is 0.333. The van der Waals surface area contributed by atoms with Crippen molar-refractivity contribution in [3.63, 3.8) is 0 Å². The van der Waals surface area contributed by atoms with Crippen molar-refractivity contribution in [2.75, 3.05) is 23.1 Å². The van der Waals surface area contributed by atoms with Crippen molar-refractivity contribution in [3.05, 3.63) is 93.5 Å². The lowest BCUT2D eigenvalue weighted by molar-refractivity contribution is 0.0829. The summed E-state index contributed by atoms with van der Waals surface area (Å²) in [4.78, 5) is 13.7. The van der Waals surface area contributed by atoms with Crippen molar-refractivity contribution in [1.29, 1.82) is 0 Å². The van der Waals surface area contributed by atoms with Crippen LogP contribution in [0.4, 0.5) is 5.69 Å². The third kappa shape index (κ3) is 9.25. The maximum absolute atomic E-state index is 13.7. The molecule has 1 aliphatic heterocycles. The zero-order valence-electron chi connectivity index (χ0n) is 23.8. The highest BCUT2D eigenvalue weighted by atomic mass is 35.5. The first-order valence-electron chi connectivity index (χ1n) is 14.0. The van der Waals surface area contributed by atoms with Gasteiger partial charge in [0, 0.05) is 41.3 Å². The lowest BCUT2D eigenvalue weighted by Gasteiger charge is -2.47. The molecule has 0 spiro atoms. The quantitative estimate of drug-likeness (QED) is 0.154. The molecule has 2 atom stereocenters. The van der Waals surface area contributed by atoms with Gasteiger partial charge in [0.15, 0.2) is 0 Å². The normalized spacial score (nSPS) is 17.0. The number of nitrogens with one attached hydrogen (secondary N) is 2. The second-order valence-corrected chi connectivity index (χ2v) is 13.8. The molecular formula is C31H39Cl2N3O5S. The molecule has 0 radical (unpaired) electrons. The van der Waals surface area contributed by atoms with Crippen molar-refractivity contribution >= 4 is 45.6 Å². The van der Waals surface area contributed by atoms with Gasteiger partial charge in [-0.25, -0.2) is 0 Å². The highest BCUT2D eigenvalue weighted by Gasteiger charge is 2.29. The van der Waals surface area contributed by atoms with Crippen LogP contribution in [-0.4, -0.2) is 57.2 Å². The zero-order chi connectivity index (χ0) is 30.3. The number of amides is 1. The van der Waals surface area contributed by atoms with Gasteiger partial charge in [-0.2, -0.15) is 0 Å². The van der Waals surface area contributed by atoms with Gasteiger partial charge in [0.1, 0.15) is 5.75 Å². The van der Waals surface area contributed by atoms with Gasteiger partial charge >= 0.3 is 0 Å². The van der Waals surface area contributed by atoms with E-state index in [9.17, 15) is 19.0 Å². The summed E-state index contributed by atoms with van der Waals surface area (Å²) >= 11 is 12.2. The molecule has 11 heteroatoms. The van der Waals surface area contributed by atoms with E-state index in [-0.39, 0.29) is 18.4 Å². The number of carbonyl (C=O) groups excluding carboxylic acids is 1. The highest BCUT2D eigenvalue weighted by Crippen LogP contribution is 2.50. The lowest BCUT2D eigenvalue weighted by Crippen LogP contribution is -2.48. The molecule has 5 N–H and O–H groups in total. The fourth-order valence-electron chi connectivity index (χ4n) is 4.93. The number of aliphatic hydroxyl groups is 1. The van der Waals surface area contributed by atoms with E-state index in [1.807, 2.05) is 44.2 Å². The standard InChI is InChI=1S/C31H39Cl2N3O5S/c1-21(2)41-28-16-24(15-27(18-28)36-10-6-7-11-42(36,39)40)31(38)35-29(14-22-8-4-3-5-9-22)30(37)20-34-19-23-12-25(32)17-26(33)13-23/h3-5,8-9,12-13,15-18,21,29-30,34,37,39-40H,6-7,10-11,14,19-20H2,1-2H3,(H,35,38)/t29-,30-/m0/s1. The van der Waals surface area contributed by atoms with Crippen LogP contribution < -0.4 is 19.7 Å². The van der Waals surface area contributed by atoms with Gasteiger partial charge in [-0.3, -0.25) is 18.2 Å². The average molecular weight is 637 g/mol. The minimum absolute atomic E-state index is 0.147. The Morgan fingerprint density at radius 1 is 1.00 bits per heavy atom. The number of benzene rings is 3. The van der Waals surface area contributed by atoms with Gasteiger partial charge in [-0.1, -0.05) is 53.5 Å². The van der Waals surface area contributed by atoms with Crippen LogP contribution in [0.5, 0.6) is 5.75 Å².